The number of halogens is 6. The maximum atomic E-state index is 14.0. The van der Waals surface area contributed by atoms with E-state index in [4.69, 9.17) is 18.9 Å². The molecule has 0 aromatic heterocycles. The molecule has 1 amide bonds. The number of carbonyl (C=O) groups is 1. The van der Waals surface area contributed by atoms with Gasteiger partial charge in [0.25, 0.3) is 0 Å². The molecular weight excluding hydrogens is 528 g/mol. The van der Waals surface area contributed by atoms with Gasteiger partial charge in [0.05, 0.1) is 0 Å². The van der Waals surface area contributed by atoms with Crippen molar-refractivity contribution in [2.24, 2.45) is 17.8 Å². The van der Waals surface area contributed by atoms with Crippen LogP contribution in [0.3, 0.4) is 0 Å². The molecule has 206 valence electrons. The molecular formula is C24H21F6NO7. The number of ether oxygens (including phenoxy) is 4. The number of likely N-dealkylation sites (tertiary alicyclic amines) is 1. The summed E-state index contributed by atoms with van der Waals surface area (Å²) >= 11 is 0. The van der Waals surface area contributed by atoms with Crippen molar-refractivity contribution in [3.05, 3.63) is 47.5 Å². The summed E-state index contributed by atoms with van der Waals surface area (Å²) in [6.45, 7) is -1.81. The van der Waals surface area contributed by atoms with Crippen LogP contribution in [-0.4, -0.2) is 60.2 Å². The predicted molar refractivity (Wildman–Crippen MR) is 115 cm³/mol. The lowest BCUT2D eigenvalue weighted by molar-refractivity contribution is -0.310. The zero-order chi connectivity index (χ0) is 27.5. The number of aliphatic hydroxyl groups is 1. The minimum absolute atomic E-state index is 0.0533. The Hall–Kier alpha value is -3.55. The van der Waals surface area contributed by atoms with E-state index in [0.29, 0.717) is 4.90 Å². The lowest BCUT2D eigenvalue weighted by Gasteiger charge is -2.49. The Morgan fingerprint density at radius 3 is 1.76 bits per heavy atom. The summed E-state index contributed by atoms with van der Waals surface area (Å²) in [6.07, 6.45) is -13.7. The van der Waals surface area contributed by atoms with Gasteiger partial charge in [-0.25, -0.2) is 4.79 Å². The van der Waals surface area contributed by atoms with Crippen LogP contribution >= 0.6 is 0 Å². The SMILES string of the molecule is O=C(O)N1CCC(C(O)(c2ccc3c(c2)OCO3)c2ccc3c(c2)OCO3)C(C(C(F)(F)F)C(F)(F)F)C1. The molecule has 0 spiro atoms. The van der Waals surface area contributed by atoms with E-state index in [0.717, 1.165) is 0 Å². The van der Waals surface area contributed by atoms with Gasteiger partial charge in [0, 0.05) is 24.9 Å². The number of amides is 1. The molecule has 8 nitrogen and oxygen atoms in total. The van der Waals surface area contributed by atoms with E-state index in [2.05, 4.69) is 0 Å². The van der Waals surface area contributed by atoms with Crippen molar-refractivity contribution in [3.63, 3.8) is 0 Å². The second-order valence-corrected chi connectivity index (χ2v) is 9.25. The number of piperidine rings is 1. The van der Waals surface area contributed by atoms with E-state index in [1.54, 1.807) is 0 Å². The number of rotatable bonds is 4. The van der Waals surface area contributed by atoms with Gasteiger partial charge >= 0.3 is 18.4 Å². The lowest BCUT2D eigenvalue weighted by Crippen LogP contribution is -2.57. The third-order valence-electron chi connectivity index (χ3n) is 7.22. The van der Waals surface area contributed by atoms with Crippen LogP contribution in [0.1, 0.15) is 17.5 Å². The standard InChI is InChI=1S/C24H21F6NO7/c25-23(26,27)20(24(28,29)30)14-9-31(21(32)33)6-5-15(14)22(34,12-1-3-16-18(7-12)37-10-35-16)13-2-4-17-19(8-13)38-11-36-17/h1-4,7-8,14-15,20,34H,5-6,9-11H2,(H,32,33). The summed E-state index contributed by atoms with van der Waals surface area (Å²) < 4.78 is 105. The molecule has 2 N–H and O–H groups in total. The lowest BCUT2D eigenvalue weighted by atomic mass is 9.64. The normalized spacial score (nSPS) is 21.2. The molecule has 1 fully saturated rings. The molecule has 0 saturated carbocycles. The highest BCUT2D eigenvalue weighted by Crippen LogP contribution is 2.55. The van der Waals surface area contributed by atoms with Crippen molar-refractivity contribution in [1.29, 1.82) is 0 Å². The number of benzene rings is 2. The summed E-state index contributed by atoms with van der Waals surface area (Å²) in [7, 11) is 0. The van der Waals surface area contributed by atoms with Crippen LogP contribution in [0.25, 0.3) is 0 Å². The smallest absolute Gasteiger partial charge is 0.407 e. The largest absolute Gasteiger partial charge is 0.465 e. The fourth-order valence-electron chi connectivity index (χ4n) is 5.55. The van der Waals surface area contributed by atoms with E-state index >= 15 is 0 Å². The number of fused-ring (bicyclic) bond motifs is 2. The minimum atomic E-state index is -5.77. The average molecular weight is 549 g/mol. The Balaban J connectivity index is 1.71. The highest BCUT2D eigenvalue weighted by atomic mass is 19.4. The van der Waals surface area contributed by atoms with Crippen molar-refractivity contribution < 1.29 is 60.3 Å². The summed E-state index contributed by atoms with van der Waals surface area (Å²) in [4.78, 5) is 12.1. The fourth-order valence-corrected chi connectivity index (χ4v) is 5.55. The quantitative estimate of drug-likeness (QED) is 0.532. The molecule has 38 heavy (non-hydrogen) atoms. The zero-order valence-corrected chi connectivity index (χ0v) is 19.4. The molecule has 0 aliphatic carbocycles. The third kappa shape index (κ3) is 4.40. The second kappa shape index (κ2) is 9.03. The van der Waals surface area contributed by atoms with Gasteiger partial charge in [0.15, 0.2) is 28.9 Å². The summed E-state index contributed by atoms with van der Waals surface area (Å²) in [6, 6.07) is 8.03. The molecule has 2 aromatic rings. The first kappa shape index (κ1) is 26.1. The van der Waals surface area contributed by atoms with Gasteiger partial charge in [-0.15, -0.1) is 0 Å². The number of hydrogen-bond donors (Lipinski definition) is 2. The Morgan fingerprint density at radius 1 is 0.842 bits per heavy atom. The van der Waals surface area contributed by atoms with Gasteiger partial charge < -0.3 is 34.1 Å². The van der Waals surface area contributed by atoms with Crippen LogP contribution in [0.15, 0.2) is 36.4 Å². The second-order valence-electron chi connectivity index (χ2n) is 9.25. The Labute approximate surface area is 211 Å². The first-order chi connectivity index (χ1) is 17.8. The molecule has 1 saturated heterocycles. The van der Waals surface area contributed by atoms with Crippen molar-refractivity contribution >= 4 is 6.09 Å². The summed E-state index contributed by atoms with van der Waals surface area (Å²) in [5.74, 6) is -7.18. The molecule has 5 rings (SSSR count). The highest BCUT2D eigenvalue weighted by Gasteiger charge is 2.65. The van der Waals surface area contributed by atoms with Crippen molar-refractivity contribution in [2.45, 2.75) is 24.4 Å². The van der Waals surface area contributed by atoms with Crippen LogP contribution in [0, 0.1) is 17.8 Å². The van der Waals surface area contributed by atoms with Crippen LogP contribution in [-0.2, 0) is 5.60 Å². The van der Waals surface area contributed by atoms with Gasteiger partial charge in [0.1, 0.15) is 5.60 Å². The Bertz CT molecular complexity index is 1160. The van der Waals surface area contributed by atoms with E-state index in [1.165, 1.54) is 36.4 Å². The summed E-state index contributed by atoms with van der Waals surface area (Å²) in [5, 5.41) is 21.7. The van der Waals surface area contributed by atoms with E-state index in [1.807, 2.05) is 0 Å². The molecule has 2 aromatic carbocycles. The Kier molecular flexibility index (Phi) is 6.20. The van der Waals surface area contributed by atoms with Gasteiger partial charge in [0.2, 0.25) is 13.6 Å². The minimum Gasteiger partial charge on any atom is -0.465 e. The van der Waals surface area contributed by atoms with Gasteiger partial charge in [-0.2, -0.15) is 26.3 Å². The molecule has 3 heterocycles. The number of alkyl halides is 6. The van der Waals surface area contributed by atoms with Gasteiger partial charge in [-0.05, 0) is 41.8 Å². The van der Waals surface area contributed by atoms with E-state index < -0.39 is 61.3 Å². The van der Waals surface area contributed by atoms with Crippen molar-refractivity contribution in [1.82, 2.24) is 4.90 Å². The van der Waals surface area contributed by atoms with Crippen LogP contribution < -0.4 is 18.9 Å². The molecule has 2 atom stereocenters. The first-order valence-corrected chi connectivity index (χ1v) is 11.4. The third-order valence-corrected chi connectivity index (χ3v) is 7.22. The monoisotopic (exact) mass is 549 g/mol. The molecule has 0 radical (unpaired) electrons. The molecule has 0 bridgehead atoms. The number of hydrogen-bond acceptors (Lipinski definition) is 6. The number of nitrogens with zero attached hydrogens (tertiary/aromatic N) is 1. The van der Waals surface area contributed by atoms with Gasteiger partial charge in [-0.1, -0.05) is 12.1 Å². The van der Waals surface area contributed by atoms with E-state index in [9.17, 15) is 41.4 Å². The summed E-state index contributed by atoms with van der Waals surface area (Å²) in [5.41, 5.74) is -2.56. The molecule has 3 aliphatic heterocycles. The molecule has 3 aliphatic rings. The molecule has 14 heteroatoms. The predicted octanol–water partition coefficient (Wildman–Crippen LogP) is 4.74. The Morgan fingerprint density at radius 2 is 1.32 bits per heavy atom. The maximum absolute atomic E-state index is 14.0. The molecule has 2 unspecified atom stereocenters. The zero-order valence-electron chi connectivity index (χ0n) is 19.4. The van der Waals surface area contributed by atoms with Crippen LogP contribution in [0.2, 0.25) is 0 Å². The van der Waals surface area contributed by atoms with Crippen molar-refractivity contribution in [3.8, 4) is 23.0 Å². The fraction of sp³-hybridized carbons (Fsp3) is 0.458. The van der Waals surface area contributed by atoms with Crippen LogP contribution in [0.5, 0.6) is 23.0 Å². The van der Waals surface area contributed by atoms with Gasteiger partial charge in [-0.3, -0.25) is 0 Å². The van der Waals surface area contributed by atoms with Crippen LogP contribution in [0.4, 0.5) is 31.1 Å². The highest BCUT2D eigenvalue weighted by molar-refractivity contribution is 5.65. The number of carboxylic acid groups (broad SMARTS) is 1. The first-order valence-electron chi connectivity index (χ1n) is 11.4. The van der Waals surface area contributed by atoms with Crippen molar-refractivity contribution in [2.75, 3.05) is 26.7 Å². The van der Waals surface area contributed by atoms with E-state index in [-0.39, 0.29) is 47.7 Å². The topological polar surface area (TPSA) is 97.7 Å². The maximum Gasteiger partial charge on any atom is 0.407 e. The average Bonchev–Trinajstić information content (AvgIpc) is 3.50.